The van der Waals surface area contributed by atoms with Crippen molar-refractivity contribution in [3.8, 4) is 5.69 Å². The van der Waals surface area contributed by atoms with Crippen LogP contribution in [0.15, 0.2) is 65.8 Å². The fourth-order valence-corrected chi connectivity index (χ4v) is 3.15. The summed E-state index contributed by atoms with van der Waals surface area (Å²) >= 11 is 6.03. The quantitative estimate of drug-likeness (QED) is 0.578. The van der Waals surface area contributed by atoms with Gasteiger partial charge in [-0.1, -0.05) is 47.5 Å². The van der Waals surface area contributed by atoms with Gasteiger partial charge in [0.2, 0.25) is 5.91 Å². The molecule has 28 heavy (non-hydrogen) atoms. The minimum absolute atomic E-state index is 0.161. The zero-order chi connectivity index (χ0) is 19.7. The molecule has 0 aliphatic heterocycles. The van der Waals surface area contributed by atoms with Crippen molar-refractivity contribution in [3.63, 3.8) is 0 Å². The number of nitrogens with zero attached hydrogens (tertiary/aromatic N) is 4. The van der Waals surface area contributed by atoms with Gasteiger partial charge in [-0.15, -0.1) is 0 Å². The zero-order valence-electron chi connectivity index (χ0n) is 15.0. The number of hydrogen-bond donors (Lipinski definition) is 1. The first-order chi connectivity index (χ1) is 13.5. The molecule has 2 heterocycles. The van der Waals surface area contributed by atoms with E-state index in [1.165, 1.54) is 17.2 Å². The Morgan fingerprint density at radius 1 is 1.18 bits per heavy atom. The zero-order valence-corrected chi connectivity index (χ0v) is 15.7. The summed E-state index contributed by atoms with van der Waals surface area (Å²) in [6.07, 6.45) is 2.87. The molecule has 0 fully saturated rings. The van der Waals surface area contributed by atoms with Gasteiger partial charge in [-0.3, -0.25) is 15.0 Å². The first-order valence-electron chi connectivity index (χ1n) is 8.58. The lowest BCUT2D eigenvalue weighted by Crippen LogP contribution is -2.34. The molecule has 140 valence electrons. The van der Waals surface area contributed by atoms with Crippen molar-refractivity contribution in [2.75, 3.05) is 5.43 Å². The molecular weight excluding hydrogens is 378 g/mol. The molecule has 0 saturated heterocycles. The maximum Gasteiger partial charge on any atom is 0.283 e. The summed E-state index contributed by atoms with van der Waals surface area (Å²) in [6, 6.07) is 14.7. The van der Waals surface area contributed by atoms with Crippen LogP contribution in [0.2, 0.25) is 5.02 Å². The molecule has 7 nitrogen and oxygen atoms in total. The molecule has 0 atom stereocenters. The number of benzene rings is 2. The van der Waals surface area contributed by atoms with Crippen LogP contribution in [-0.4, -0.2) is 25.3 Å². The third kappa shape index (κ3) is 3.52. The predicted octanol–water partition coefficient (Wildman–Crippen LogP) is 2.86. The lowest BCUT2D eigenvalue weighted by Gasteiger charge is -2.08. The summed E-state index contributed by atoms with van der Waals surface area (Å²) in [4.78, 5) is 29.3. The fraction of sp³-hybridized carbons (Fsp3) is 0.100. The van der Waals surface area contributed by atoms with Crippen molar-refractivity contribution in [2.45, 2.75) is 13.3 Å². The van der Waals surface area contributed by atoms with Gasteiger partial charge in [0.1, 0.15) is 11.7 Å². The Bertz CT molecular complexity index is 1240. The molecule has 0 unspecified atom stereocenters. The smallest absolute Gasteiger partial charge is 0.273 e. The van der Waals surface area contributed by atoms with Crippen LogP contribution in [-0.2, 0) is 11.2 Å². The second kappa shape index (κ2) is 7.28. The van der Waals surface area contributed by atoms with Crippen molar-refractivity contribution in [1.29, 1.82) is 0 Å². The molecule has 1 N–H and O–H groups in total. The molecule has 0 aliphatic carbocycles. The minimum Gasteiger partial charge on any atom is -0.273 e. The second-order valence-electron chi connectivity index (χ2n) is 6.39. The molecule has 0 spiro atoms. The largest absolute Gasteiger partial charge is 0.283 e. The number of hydrogen-bond acceptors (Lipinski definition) is 4. The molecule has 4 aromatic rings. The maximum atomic E-state index is 12.7. The van der Waals surface area contributed by atoms with Crippen molar-refractivity contribution < 1.29 is 4.79 Å². The van der Waals surface area contributed by atoms with Gasteiger partial charge in [0.05, 0.1) is 18.3 Å². The summed E-state index contributed by atoms with van der Waals surface area (Å²) < 4.78 is 2.60. The van der Waals surface area contributed by atoms with Crippen LogP contribution in [0.4, 0.5) is 0 Å². The average molecular weight is 394 g/mol. The number of halogens is 1. The van der Waals surface area contributed by atoms with E-state index in [0.29, 0.717) is 21.7 Å². The standard InChI is InChI=1S/C20H16ClN5O2/c1-13-4-2-5-14(8-13)9-18(27)24-25-12-22-19-17(20(25)28)11-23-26(19)16-7-3-6-15(21)10-16/h2-8,10-12H,9H2,1H3,(H,24,27). The summed E-state index contributed by atoms with van der Waals surface area (Å²) in [7, 11) is 0. The number of nitrogens with one attached hydrogen (secondary N) is 1. The highest BCUT2D eigenvalue weighted by Gasteiger charge is 2.13. The number of carbonyl (C=O) groups excluding carboxylic acids is 1. The molecule has 4 rings (SSSR count). The van der Waals surface area contributed by atoms with Gasteiger partial charge in [0.25, 0.3) is 5.56 Å². The Morgan fingerprint density at radius 3 is 2.79 bits per heavy atom. The van der Waals surface area contributed by atoms with Crippen LogP contribution in [0.25, 0.3) is 16.7 Å². The van der Waals surface area contributed by atoms with E-state index in [0.717, 1.165) is 15.8 Å². The topological polar surface area (TPSA) is 81.8 Å². The SMILES string of the molecule is Cc1cccc(CC(=O)Nn2cnc3c(cnn3-c3cccc(Cl)c3)c2=O)c1. The fourth-order valence-electron chi connectivity index (χ4n) is 2.97. The molecular formula is C20H16ClN5O2. The monoisotopic (exact) mass is 393 g/mol. The normalized spacial score (nSPS) is 10.9. The van der Waals surface area contributed by atoms with Crippen LogP contribution in [0.5, 0.6) is 0 Å². The van der Waals surface area contributed by atoms with E-state index in [2.05, 4.69) is 15.5 Å². The summed E-state index contributed by atoms with van der Waals surface area (Å²) in [5.74, 6) is -0.309. The van der Waals surface area contributed by atoms with Gasteiger partial charge in [0.15, 0.2) is 5.65 Å². The van der Waals surface area contributed by atoms with E-state index in [1.54, 1.807) is 18.2 Å². The van der Waals surface area contributed by atoms with E-state index in [1.807, 2.05) is 37.3 Å². The van der Waals surface area contributed by atoms with Gasteiger partial charge in [0, 0.05) is 5.02 Å². The molecule has 0 aliphatic rings. The number of amides is 1. The van der Waals surface area contributed by atoms with Crippen LogP contribution in [0.1, 0.15) is 11.1 Å². The van der Waals surface area contributed by atoms with E-state index < -0.39 is 5.56 Å². The summed E-state index contributed by atoms with van der Waals surface area (Å²) in [6.45, 7) is 1.96. The summed E-state index contributed by atoms with van der Waals surface area (Å²) in [5.41, 5.74) is 5.18. The third-order valence-corrected chi connectivity index (χ3v) is 4.47. The van der Waals surface area contributed by atoms with E-state index >= 15 is 0 Å². The lowest BCUT2D eigenvalue weighted by molar-refractivity contribution is -0.116. The Labute approximate surface area is 165 Å². The highest BCUT2D eigenvalue weighted by molar-refractivity contribution is 6.30. The van der Waals surface area contributed by atoms with Crippen LogP contribution < -0.4 is 11.0 Å². The van der Waals surface area contributed by atoms with E-state index in [4.69, 9.17) is 11.6 Å². The third-order valence-electron chi connectivity index (χ3n) is 4.23. The highest BCUT2D eigenvalue weighted by atomic mass is 35.5. The van der Waals surface area contributed by atoms with Gasteiger partial charge < -0.3 is 0 Å². The molecule has 8 heteroatoms. The van der Waals surface area contributed by atoms with E-state index in [-0.39, 0.29) is 12.3 Å². The Morgan fingerprint density at radius 2 is 2.00 bits per heavy atom. The highest BCUT2D eigenvalue weighted by Crippen LogP contribution is 2.17. The average Bonchev–Trinajstić information content (AvgIpc) is 3.09. The van der Waals surface area contributed by atoms with Gasteiger partial charge in [-0.05, 0) is 30.7 Å². The van der Waals surface area contributed by atoms with Crippen LogP contribution in [0, 0.1) is 6.92 Å². The first kappa shape index (κ1) is 17.9. The lowest BCUT2D eigenvalue weighted by atomic mass is 10.1. The van der Waals surface area contributed by atoms with Crippen molar-refractivity contribution in [3.05, 3.63) is 87.6 Å². The second-order valence-corrected chi connectivity index (χ2v) is 6.83. The Balaban J connectivity index is 1.62. The predicted molar refractivity (Wildman–Crippen MR) is 107 cm³/mol. The van der Waals surface area contributed by atoms with E-state index in [9.17, 15) is 9.59 Å². The minimum atomic E-state index is -0.407. The van der Waals surface area contributed by atoms with Crippen LogP contribution >= 0.6 is 11.6 Å². The molecule has 2 aromatic carbocycles. The molecule has 2 aromatic heterocycles. The molecule has 0 saturated carbocycles. The maximum absolute atomic E-state index is 12.7. The van der Waals surface area contributed by atoms with Crippen molar-refractivity contribution in [2.24, 2.45) is 0 Å². The number of rotatable bonds is 4. The number of fused-ring (bicyclic) bond motifs is 1. The number of aryl methyl sites for hydroxylation is 1. The molecule has 0 bridgehead atoms. The number of aromatic nitrogens is 4. The molecule has 1 amide bonds. The number of carbonyl (C=O) groups is 1. The van der Waals surface area contributed by atoms with Crippen molar-refractivity contribution >= 4 is 28.5 Å². The van der Waals surface area contributed by atoms with Crippen molar-refractivity contribution in [1.82, 2.24) is 19.4 Å². The van der Waals surface area contributed by atoms with Gasteiger partial charge >= 0.3 is 0 Å². The van der Waals surface area contributed by atoms with Crippen LogP contribution in [0.3, 0.4) is 0 Å². The first-order valence-corrected chi connectivity index (χ1v) is 8.96. The molecule has 0 radical (unpaired) electrons. The van der Waals surface area contributed by atoms with Gasteiger partial charge in [-0.25, -0.2) is 14.3 Å². The summed E-state index contributed by atoms with van der Waals surface area (Å²) in [5, 5.41) is 5.08. The Hall–Kier alpha value is -3.45. The van der Waals surface area contributed by atoms with Gasteiger partial charge in [-0.2, -0.15) is 5.10 Å². The Kier molecular flexibility index (Phi) is 4.67.